The molecule has 76 valence electrons. The predicted molar refractivity (Wildman–Crippen MR) is 56.1 cm³/mol. The molecule has 0 aliphatic rings. The van der Waals surface area contributed by atoms with Crippen molar-refractivity contribution in [3.63, 3.8) is 0 Å². The maximum absolute atomic E-state index is 11.6. The van der Waals surface area contributed by atoms with Crippen LogP contribution in [-0.4, -0.2) is 12.6 Å². The van der Waals surface area contributed by atoms with Gasteiger partial charge in [0.05, 0.1) is 12.5 Å². The first kappa shape index (κ1) is 10.8. The topological polar surface area (TPSA) is 26.3 Å². The van der Waals surface area contributed by atoms with Gasteiger partial charge in [-0.05, 0) is 18.9 Å². The van der Waals surface area contributed by atoms with Gasteiger partial charge in [-0.25, -0.2) is 0 Å². The van der Waals surface area contributed by atoms with Crippen molar-refractivity contribution in [2.24, 2.45) is 0 Å². The zero-order valence-electron chi connectivity index (χ0n) is 8.69. The van der Waals surface area contributed by atoms with E-state index in [1.54, 1.807) is 0 Å². The molecule has 0 amide bonds. The van der Waals surface area contributed by atoms with Crippen molar-refractivity contribution in [1.29, 1.82) is 0 Å². The van der Waals surface area contributed by atoms with E-state index in [4.69, 9.17) is 4.74 Å². The van der Waals surface area contributed by atoms with E-state index in [-0.39, 0.29) is 11.9 Å². The molecule has 0 radical (unpaired) electrons. The summed E-state index contributed by atoms with van der Waals surface area (Å²) < 4.78 is 5.01. The molecule has 14 heavy (non-hydrogen) atoms. The van der Waals surface area contributed by atoms with Crippen molar-refractivity contribution in [3.8, 4) is 0 Å². The molecule has 0 heterocycles. The summed E-state index contributed by atoms with van der Waals surface area (Å²) in [6, 6.07) is 9.76. The van der Waals surface area contributed by atoms with Gasteiger partial charge in [-0.1, -0.05) is 37.3 Å². The Kier molecular flexibility index (Phi) is 4.17. The van der Waals surface area contributed by atoms with Gasteiger partial charge in [0.2, 0.25) is 0 Å². The van der Waals surface area contributed by atoms with Crippen LogP contribution < -0.4 is 0 Å². The minimum absolute atomic E-state index is 0.115. The lowest BCUT2D eigenvalue weighted by Crippen LogP contribution is -2.15. The summed E-state index contributed by atoms with van der Waals surface area (Å²) in [6.07, 6.45) is 0.781. The van der Waals surface area contributed by atoms with Crippen LogP contribution in [0.25, 0.3) is 0 Å². The smallest absolute Gasteiger partial charge is 0.313 e. The quantitative estimate of drug-likeness (QED) is 0.686. The lowest BCUT2D eigenvalue weighted by atomic mass is 9.97. The summed E-state index contributed by atoms with van der Waals surface area (Å²) in [7, 11) is 0. The third kappa shape index (κ3) is 2.59. The molecule has 0 fully saturated rings. The lowest BCUT2D eigenvalue weighted by molar-refractivity contribution is -0.145. The van der Waals surface area contributed by atoms with Gasteiger partial charge in [0, 0.05) is 0 Å². The molecule has 1 aromatic carbocycles. The first-order chi connectivity index (χ1) is 6.79. The van der Waals surface area contributed by atoms with Gasteiger partial charge in [-0.2, -0.15) is 0 Å². The average molecular weight is 192 g/mol. The van der Waals surface area contributed by atoms with E-state index >= 15 is 0 Å². The number of rotatable bonds is 4. The fourth-order valence-corrected chi connectivity index (χ4v) is 1.47. The Morgan fingerprint density at radius 1 is 1.29 bits per heavy atom. The van der Waals surface area contributed by atoms with E-state index in [0.717, 1.165) is 12.0 Å². The van der Waals surface area contributed by atoms with E-state index < -0.39 is 0 Å². The van der Waals surface area contributed by atoms with E-state index in [0.29, 0.717) is 6.61 Å². The normalized spacial score (nSPS) is 12.1. The van der Waals surface area contributed by atoms with Crippen LogP contribution in [0.4, 0.5) is 0 Å². The Labute approximate surface area is 84.9 Å². The number of hydrogen-bond donors (Lipinski definition) is 0. The molecule has 1 aromatic rings. The fraction of sp³-hybridized carbons (Fsp3) is 0.417. The average Bonchev–Trinajstić information content (AvgIpc) is 2.21. The second kappa shape index (κ2) is 5.43. The van der Waals surface area contributed by atoms with Gasteiger partial charge in [0.15, 0.2) is 0 Å². The molecule has 0 aromatic heterocycles. The van der Waals surface area contributed by atoms with Crippen molar-refractivity contribution in [1.82, 2.24) is 0 Å². The van der Waals surface area contributed by atoms with Crippen LogP contribution in [0.5, 0.6) is 0 Å². The predicted octanol–water partition coefficient (Wildman–Crippen LogP) is 2.74. The molecule has 0 unspecified atom stereocenters. The molecule has 2 heteroatoms. The molecule has 0 aliphatic heterocycles. The zero-order valence-corrected chi connectivity index (χ0v) is 8.69. The van der Waals surface area contributed by atoms with Crippen LogP contribution in [0, 0.1) is 0 Å². The first-order valence-electron chi connectivity index (χ1n) is 5.01. The Bertz CT molecular complexity index is 280. The summed E-state index contributed by atoms with van der Waals surface area (Å²) in [4.78, 5) is 11.6. The summed E-state index contributed by atoms with van der Waals surface area (Å²) in [5, 5.41) is 0. The van der Waals surface area contributed by atoms with E-state index in [9.17, 15) is 4.79 Å². The molecule has 0 spiro atoms. The van der Waals surface area contributed by atoms with Crippen LogP contribution in [0.2, 0.25) is 0 Å². The second-order valence-electron chi connectivity index (χ2n) is 3.12. The molecule has 0 saturated carbocycles. The highest BCUT2D eigenvalue weighted by Crippen LogP contribution is 2.20. The van der Waals surface area contributed by atoms with E-state index in [1.165, 1.54) is 0 Å². The van der Waals surface area contributed by atoms with E-state index in [1.807, 2.05) is 44.2 Å². The number of benzene rings is 1. The van der Waals surface area contributed by atoms with Gasteiger partial charge in [-0.15, -0.1) is 0 Å². The summed E-state index contributed by atoms with van der Waals surface area (Å²) in [5.41, 5.74) is 1.04. The number of carbonyl (C=O) groups excluding carboxylic acids is 1. The van der Waals surface area contributed by atoms with Gasteiger partial charge in [0.1, 0.15) is 0 Å². The Morgan fingerprint density at radius 3 is 2.43 bits per heavy atom. The second-order valence-corrected chi connectivity index (χ2v) is 3.12. The first-order valence-corrected chi connectivity index (χ1v) is 5.01. The molecule has 1 rings (SSSR count). The van der Waals surface area contributed by atoms with Gasteiger partial charge < -0.3 is 4.74 Å². The van der Waals surface area contributed by atoms with Crippen molar-refractivity contribution in [2.45, 2.75) is 26.2 Å². The molecule has 2 nitrogen and oxygen atoms in total. The van der Waals surface area contributed by atoms with Gasteiger partial charge in [-0.3, -0.25) is 4.79 Å². The summed E-state index contributed by atoms with van der Waals surface area (Å²) >= 11 is 0. The Morgan fingerprint density at radius 2 is 1.93 bits per heavy atom. The van der Waals surface area contributed by atoms with Crippen molar-refractivity contribution < 1.29 is 9.53 Å². The summed E-state index contributed by atoms with van der Waals surface area (Å²) in [6.45, 7) is 4.27. The third-order valence-corrected chi connectivity index (χ3v) is 2.18. The van der Waals surface area contributed by atoms with Crippen molar-refractivity contribution >= 4 is 5.97 Å². The maximum Gasteiger partial charge on any atom is 0.313 e. The highest BCUT2D eigenvalue weighted by molar-refractivity contribution is 5.78. The van der Waals surface area contributed by atoms with Crippen molar-refractivity contribution in [2.75, 3.05) is 6.61 Å². The molecular weight excluding hydrogens is 176 g/mol. The number of hydrogen-bond acceptors (Lipinski definition) is 2. The van der Waals surface area contributed by atoms with Crippen LogP contribution in [0.15, 0.2) is 30.3 Å². The van der Waals surface area contributed by atoms with Crippen molar-refractivity contribution in [3.05, 3.63) is 35.9 Å². The number of esters is 1. The molecule has 0 aliphatic carbocycles. The third-order valence-electron chi connectivity index (χ3n) is 2.18. The maximum atomic E-state index is 11.6. The fourth-order valence-electron chi connectivity index (χ4n) is 1.47. The van der Waals surface area contributed by atoms with Crippen LogP contribution >= 0.6 is 0 Å². The largest absolute Gasteiger partial charge is 0.466 e. The summed E-state index contributed by atoms with van der Waals surface area (Å²) in [5.74, 6) is -0.239. The highest BCUT2D eigenvalue weighted by atomic mass is 16.5. The number of ether oxygens (including phenoxy) is 1. The minimum Gasteiger partial charge on any atom is -0.466 e. The SMILES string of the molecule is CCOC(=O)[C@H](CC)c1ccccc1. The molecule has 0 N–H and O–H groups in total. The van der Waals surface area contributed by atoms with Crippen LogP contribution in [0.1, 0.15) is 31.7 Å². The van der Waals surface area contributed by atoms with Gasteiger partial charge >= 0.3 is 5.97 Å². The Balaban J connectivity index is 2.77. The molecule has 0 bridgehead atoms. The number of carbonyl (C=O) groups is 1. The monoisotopic (exact) mass is 192 g/mol. The van der Waals surface area contributed by atoms with Crippen LogP contribution in [0.3, 0.4) is 0 Å². The Hall–Kier alpha value is -1.31. The zero-order chi connectivity index (χ0) is 10.4. The lowest BCUT2D eigenvalue weighted by Gasteiger charge is -2.13. The van der Waals surface area contributed by atoms with E-state index in [2.05, 4.69) is 0 Å². The molecule has 1 atom stereocenters. The van der Waals surface area contributed by atoms with Gasteiger partial charge in [0.25, 0.3) is 0 Å². The highest BCUT2D eigenvalue weighted by Gasteiger charge is 2.18. The molecular formula is C12H16O2. The van der Waals surface area contributed by atoms with Crippen LogP contribution in [-0.2, 0) is 9.53 Å². The minimum atomic E-state index is -0.124. The standard InChI is InChI=1S/C12H16O2/c1-3-11(12(13)14-4-2)10-8-6-5-7-9-10/h5-9,11H,3-4H2,1-2H3/t11-/m1/s1. The molecule has 0 saturated heterocycles.